The third-order valence-electron chi connectivity index (χ3n) is 4.13. The standard InChI is InChI=1S/C15H19N3O2/c1-17(2)13-7-6-12(10-14(13)18(19)20)15(11-16)8-4-3-5-9-15/h6-7,10H,3-5,8-9H2,1-2H3. The lowest BCUT2D eigenvalue weighted by Crippen LogP contribution is -2.27. The summed E-state index contributed by atoms with van der Waals surface area (Å²) in [6, 6.07) is 7.62. The molecule has 0 amide bonds. The average molecular weight is 273 g/mol. The number of hydrogen-bond acceptors (Lipinski definition) is 4. The van der Waals surface area contributed by atoms with Gasteiger partial charge in [-0.25, -0.2) is 0 Å². The summed E-state index contributed by atoms with van der Waals surface area (Å²) < 4.78 is 0. The number of anilines is 1. The largest absolute Gasteiger partial charge is 0.372 e. The smallest absolute Gasteiger partial charge is 0.292 e. The summed E-state index contributed by atoms with van der Waals surface area (Å²) in [7, 11) is 3.56. The molecule has 1 saturated carbocycles. The van der Waals surface area contributed by atoms with Crippen LogP contribution < -0.4 is 4.90 Å². The number of nitriles is 1. The first kappa shape index (κ1) is 14.3. The first-order valence-corrected chi connectivity index (χ1v) is 6.88. The summed E-state index contributed by atoms with van der Waals surface area (Å²) >= 11 is 0. The van der Waals surface area contributed by atoms with Crippen molar-refractivity contribution >= 4 is 11.4 Å². The summed E-state index contributed by atoms with van der Waals surface area (Å²) in [5.74, 6) is 0. The second kappa shape index (κ2) is 5.49. The fraction of sp³-hybridized carbons (Fsp3) is 0.533. The second-order valence-corrected chi connectivity index (χ2v) is 5.61. The maximum atomic E-state index is 11.2. The fourth-order valence-corrected chi connectivity index (χ4v) is 2.97. The van der Waals surface area contributed by atoms with Crippen LogP contribution in [0, 0.1) is 21.4 Å². The average Bonchev–Trinajstić information content (AvgIpc) is 2.47. The fourth-order valence-electron chi connectivity index (χ4n) is 2.97. The first-order chi connectivity index (χ1) is 9.50. The van der Waals surface area contributed by atoms with Crippen LogP contribution in [-0.4, -0.2) is 19.0 Å². The van der Waals surface area contributed by atoms with Gasteiger partial charge in [0.05, 0.1) is 16.4 Å². The summed E-state index contributed by atoms with van der Waals surface area (Å²) in [6.45, 7) is 0. The molecule has 0 spiro atoms. The van der Waals surface area contributed by atoms with Gasteiger partial charge in [0, 0.05) is 20.2 Å². The molecule has 0 atom stereocenters. The highest BCUT2D eigenvalue weighted by Gasteiger charge is 2.35. The van der Waals surface area contributed by atoms with Gasteiger partial charge in [0.2, 0.25) is 0 Å². The van der Waals surface area contributed by atoms with E-state index in [1.165, 1.54) is 0 Å². The lowest BCUT2D eigenvalue weighted by molar-refractivity contribution is -0.384. The highest BCUT2D eigenvalue weighted by Crippen LogP contribution is 2.41. The maximum absolute atomic E-state index is 11.2. The van der Waals surface area contributed by atoms with Crippen LogP contribution >= 0.6 is 0 Å². The van der Waals surface area contributed by atoms with Gasteiger partial charge in [-0.05, 0) is 24.5 Å². The Morgan fingerprint density at radius 2 is 1.95 bits per heavy atom. The van der Waals surface area contributed by atoms with Crippen molar-refractivity contribution in [3.8, 4) is 6.07 Å². The third-order valence-corrected chi connectivity index (χ3v) is 4.13. The molecule has 1 aliphatic rings. The zero-order valence-corrected chi connectivity index (χ0v) is 11.9. The Kier molecular flexibility index (Phi) is 3.93. The van der Waals surface area contributed by atoms with Gasteiger partial charge in [-0.1, -0.05) is 25.3 Å². The Balaban J connectivity index is 2.50. The van der Waals surface area contributed by atoms with Gasteiger partial charge >= 0.3 is 0 Å². The zero-order chi connectivity index (χ0) is 14.8. The molecule has 1 aliphatic carbocycles. The Morgan fingerprint density at radius 1 is 1.30 bits per heavy atom. The predicted octanol–water partition coefficient (Wildman–Crippen LogP) is 3.39. The van der Waals surface area contributed by atoms with E-state index in [0.29, 0.717) is 5.69 Å². The van der Waals surface area contributed by atoms with Crippen molar-refractivity contribution in [3.05, 3.63) is 33.9 Å². The first-order valence-electron chi connectivity index (χ1n) is 6.88. The van der Waals surface area contributed by atoms with Crippen molar-refractivity contribution in [2.75, 3.05) is 19.0 Å². The van der Waals surface area contributed by atoms with E-state index in [-0.39, 0.29) is 10.6 Å². The van der Waals surface area contributed by atoms with E-state index in [4.69, 9.17) is 0 Å². The normalized spacial score (nSPS) is 17.2. The molecule has 0 unspecified atom stereocenters. The van der Waals surface area contributed by atoms with Crippen molar-refractivity contribution in [3.63, 3.8) is 0 Å². The van der Waals surface area contributed by atoms with Crippen LogP contribution in [0.2, 0.25) is 0 Å². The van der Waals surface area contributed by atoms with Gasteiger partial charge in [0.1, 0.15) is 5.69 Å². The van der Waals surface area contributed by atoms with E-state index in [9.17, 15) is 15.4 Å². The maximum Gasteiger partial charge on any atom is 0.292 e. The van der Waals surface area contributed by atoms with Crippen LogP contribution in [0.4, 0.5) is 11.4 Å². The topological polar surface area (TPSA) is 70.2 Å². The quantitative estimate of drug-likeness (QED) is 0.625. The Bertz CT molecular complexity index is 555. The summed E-state index contributed by atoms with van der Waals surface area (Å²) in [4.78, 5) is 12.6. The SMILES string of the molecule is CN(C)c1ccc(C2(C#N)CCCCC2)cc1[N+](=O)[O-]. The van der Waals surface area contributed by atoms with Gasteiger partial charge in [-0.3, -0.25) is 10.1 Å². The van der Waals surface area contributed by atoms with Gasteiger partial charge in [-0.2, -0.15) is 5.26 Å². The predicted molar refractivity (Wildman–Crippen MR) is 77.8 cm³/mol. The molecule has 0 saturated heterocycles. The van der Waals surface area contributed by atoms with Crippen molar-refractivity contribution in [2.24, 2.45) is 0 Å². The highest BCUT2D eigenvalue weighted by molar-refractivity contribution is 5.64. The molecule has 0 aliphatic heterocycles. The Morgan fingerprint density at radius 3 is 2.45 bits per heavy atom. The molecule has 2 rings (SSSR count). The van der Waals surface area contributed by atoms with Crippen LogP contribution in [0.1, 0.15) is 37.7 Å². The molecular weight excluding hydrogens is 254 g/mol. The molecule has 0 bridgehead atoms. The molecule has 1 fully saturated rings. The molecule has 1 aromatic carbocycles. The van der Waals surface area contributed by atoms with Gasteiger partial charge < -0.3 is 4.90 Å². The molecular formula is C15H19N3O2. The number of nitro groups is 1. The monoisotopic (exact) mass is 273 g/mol. The number of rotatable bonds is 3. The summed E-state index contributed by atoms with van der Waals surface area (Å²) in [5.41, 5.74) is 0.890. The van der Waals surface area contributed by atoms with Crippen LogP contribution in [0.3, 0.4) is 0 Å². The van der Waals surface area contributed by atoms with Crippen LogP contribution in [0.15, 0.2) is 18.2 Å². The molecule has 0 heterocycles. The molecule has 0 radical (unpaired) electrons. The molecule has 5 nitrogen and oxygen atoms in total. The van der Waals surface area contributed by atoms with Crippen LogP contribution in [-0.2, 0) is 5.41 Å². The van der Waals surface area contributed by atoms with Crippen molar-refractivity contribution in [1.29, 1.82) is 5.26 Å². The lowest BCUT2D eigenvalue weighted by Gasteiger charge is -2.31. The lowest BCUT2D eigenvalue weighted by atomic mass is 9.70. The van der Waals surface area contributed by atoms with Crippen LogP contribution in [0.5, 0.6) is 0 Å². The zero-order valence-electron chi connectivity index (χ0n) is 11.9. The summed E-state index contributed by atoms with van der Waals surface area (Å²) in [6.07, 6.45) is 4.75. The minimum absolute atomic E-state index is 0.0766. The van der Waals surface area contributed by atoms with E-state index in [1.807, 2.05) is 6.07 Å². The molecule has 5 heteroatoms. The number of nitrogens with zero attached hydrogens (tertiary/aromatic N) is 3. The number of hydrogen-bond donors (Lipinski definition) is 0. The Labute approximate surface area is 119 Å². The molecule has 1 aromatic rings. The van der Waals surface area contributed by atoms with E-state index >= 15 is 0 Å². The van der Waals surface area contributed by atoms with Gasteiger partial charge in [-0.15, -0.1) is 0 Å². The van der Waals surface area contributed by atoms with E-state index in [0.717, 1.165) is 37.7 Å². The molecule has 20 heavy (non-hydrogen) atoms. The Hall–Kier alpha value is -2.09. The van der Waals surface area contributed by atoms with Crippen LogP contribution in [0.25, 0.3) is 0 Å². The second-order valence-electron chi connectivity index (χ2n) is 5.61. The highest BCUT2D eigenvalue weighted by atomic mass is 16.6. The molecule has 106 valence electrons. The van der Waals surface area contributed by atoms with Crippen molar-refractivity contribution in [2.45, 2.75) is 37.5 Å². The minimum Gasteiger partial charge on any atom is -0.372 e. The molecule has 0 aromatic heterocycles. The minimum atomic E-state index is -0.548. The van der Waals surface area contributed by atoms with Gasteiger partial charge in [0.25, 0.3) is 5.69 Å². The number of nitro benzene ring substituents is 1. The number of benzene rings is 1. The van der Waals surface area contributed by atoms with E-state index in [2.05, 4.69) is 6.07 Å². The van der Waals surface area contributed by atoms with E-state index < -0.39 is 5.41 Å². The van der Waals surface area contributed by atoms with Gasteiger partial charge in [0.15, 0.2) is 0 Å². The molecule has 0 N–H and O–H groups in total. The van der Waals surface area contributed by atoms with E-state index in [1.54, 1.807) is 31.1 Å². The summed E-state index contributed by atoms with van der Waals surface area (Å²) in [5, 5.41) is 20.8. The van der Waals surface area contributed by atoms with Crippen molar-refractivity contribution < 1.29 is 4.92 Å². The third kappa shape index (κ3) is 2.46. The van der Waals surface area contributed by atoms with Crippen molar-refractivity contribution in [1.82, 2.24) is 0 Å².